The van der Waals surface area contributed by atoms with E-state index in [0.717, 1.165) is 32.6 Å². The standard InChI is InChI=1S/C18H27N3O/c1-13(2)18(22)19-16-8-17-12-20(3)9-14-6-4-5-7-15(14)10-21(17)11-16/h4-7,13,16-17H,8-12H2,1-3H3,(H,19,22)/t16-,17-/m0/s1. The molecular weight excluding hydrogens is 274 g/mol. The van der Waals surface area contributed by atoms with E-state index < -0.39 is 0 Å². The van der Waals surface area contributed by atoms with Crippen LogP contribution in [0.3, 0.4) is 0 Å². The first-order valence-electron chi connectivity index (χ1n) is 8.32. The van der Waals surface area contributed by atoms with Crippen molar-refractivity contribution in [3.8, 4) is 0 Å². The number of rotatable bonds is 2. The van der Waals surface area contributed by atoms with Gasteiger partial charge in [0.1, 0.15) is 0 Å². The third-order valence-electron chi connectivity index (χ3n) is 4.85. The van der Waals surface area contributed by atoms with Gasteiger partial charge >= 0.3 is 0 Å². The second-order valence-electron chi connectivity index (χ2n) is 7.14. The molecule has 1 saturated heterocycles. The van der Waals surface area contributed by atoms with Crippen LogP contribution in [-0.2, 0) is 17.9 Å². The number of fused-ring (bicyclic) bond motifs is 2. The van der Waals surface area contributed by atoms with Crippen molar-refractivity contribution in [1.29, 1.82) is 0 Å². The minimum atomic E-state index is 0.0617. The fourth-order valence-electron chi connectivity index (χ4n) is 3.64. The molecule has 3 rings (SSSR count). The molecule has 0 saturated carbocycles. The predicted octanol–water partition coefficient (Wildman–Crippen LogP) is 1.85. The van der Waals surface area contributed by atoms with E-state index in [0.29, 0.717) is 12.1 Å². The Morgan fingerprint density at radius 2 is 1.86 bits per heavy atom. The molecule has 0 aromatic heterocycles. The van der Waals surface area contributed by atoms with Crippen LogP contribution in [0.5, 0.6) is 0 Å². The fraction of sp³-hybridized carbons (Fsp3) is 0.611. The summed E-state index contributed by atoms with van der Waals surface area (Å²) in [5, 5.41) is 3.22. The number of nitrogens with one attached hydrogen (secondary N) is 1. The van der Waals surface area contributed by atoms with Gasteiger partial charge in [-0.1, -0.05) is 38.1 Å². The molecule has 1 fully saturated rings. The lowest BCUT2D eigenvalue weighted by Gasteiger charge is -2.32. The van der Waals surface area contributed by atoms with E-state index in [1.165, 1.54) is 11.1 Å². The second kappa shape index (κ2) is 6.39. The Balaban J connectivity index is 1.74. The summed E-state index contributed by atoms with van der Waals surface area (Å²) in [5.74, 6) is 0.237. The summed E-state index contributed by atoms with van der Waals surface area (Å²) in [7, 11) is 2.19. The molecule has 2 aliphatic heterocycles. The second-order valence-corrected chi connectivity index (χ2v) is 7.14. The molecule has 2 aliphatic rings. The lowest BCUT2D eigenvalue weighted by atomic mass is 10.0. The predicted molar refractivity (Wildman–Crippen MR) is 88.4 cm³/mol. The molecule has 2 heterocycles. The van der Waals surface area contributed by atoms with Gasteiger partial charge in [-0.25, -0.2) is 0 Å². The molecule has 0 bridgehead atoms. The Morgan fingerprint density at radius 3 is 2.55 bits per heavy atom. The molecule has 120 valence electrons. The molecule has 4 heteroatoms. The molecule has 1 aromatic carbocycles. The van der Waals surface area contributed by atoms with Gasteiger partial charge < -0.3 is 10.2 Å². The minimum Gasteiger partial charge on any atom is -0.352 e. The van der Waals surface area contributed by atoms with Gasteiger partial charge in [-0.2, -0.15) is 0 Å². The molecule has 0 unspecified atom stereocenters. The van der Waals surface area contributed by atoms with E-state index in [4.69, 9.17) is 0 Å². The molecule has 4 nitrogen and oxygen atoms in total. The zero-order valence-electron chi connectivity index (χ0n) is 13.9. The molecule has 0 spiro atoms. The Kier molecular flexibility index (Phi) is 4.50. The van der Waals surface area contributed by atoms with Gasteiger partial charge in [0.2, 0.25) is 5.91 Å². The van der Waals surface area contributed by atoms with E-state index in [1.807, 2.05) is 13.8 Å². The normalized spacial score (nSPS) is 26.2. The van der Waals surface area contributed by atoms with Crippen LogP contribution in [-0.4, -0.2) is 47.9 Å². The third-order valence-corrected chi connectivity index (χ3v) is 4.85. The van der Waals surface area contributed by atoms with E-state index in [2.05, 4.69) is 46.4 Å². The maximum absolute atomic E-state index is 12.0. The van der Waals surface area contributed by atoms with Crippen molar-refractivity contribution in [3.63, 3.8) is 0 Å². The summed E-state index contributed by atoms with van der Waals surface area (Å²) in [6.45, 7) is 7.97. The third kappa shape index (κ3) is 3.33. The molecular formula is C18H27N3O. The summed E-state index contributed by atoms with van der Waals surface area (Å²) in [6, 6.07) is 9.56. The van der Waals surface area contributed by atoms with Crippen molar-refractivity contribution in [2.24, 2.45) is 5.92 Å². The van der Waals surface area contributed by atoms with E-state index >= 15 is 0 Å². The summed E-state index contributed by atoms with van der Waals surface area (Å²) >= 11 is 0. The highest BCUT2D eigenvalue weighted by Crippen LogP contribution is 2.26. The van der Waals surface area contributed by atoms with E-state index in [1.54, 1.807) is 0 Å². The van der Waals surface area contributed by atoms with Crippen LogP contribution in [0.25, 0.3) is 0 Å². The van der Waals surface area contributed by atoms with Crippen LogP contribution >= 0.6 is 0 Å². The number of benzene rings is 1. The van der Waals surface area contributed by atoms with Crippen LogP contribution in [0, 0.1) is 5.92 Å². The largest absolute Gasteiger partial charge is 0.352 e. The van der Waals surface area contributed by atoms with Crippen molar-refractivity contribution >= 4 is 5.91 Å². The van der Waals surface area contributed by atoms with Crippen LogP contribution in [0.2, 0.25) is 0 Å². The summed E-state index contributed by atoms with van der Waals surface area (Å²) in [4.78, 5) is 16.9. The van der Waals surface area contributed by atoms with Crippen molar-refractivity contribution < 1.29 is 4.79 Å². The smallest absolute Gasteiger partial charge is 0.222 e. The number of carbonyl (C=O) groups is 1. The van der Waals surface area contributed by atoms with Crippen LogP contribution in [0.4, 0.5) is 0 Å². The number of amides is 1. The van der Waals surface area contributed by atoms with Gasteiger partial charge in [-0.05, 0) is 24.6 Å². The Hall–Kier alpha value is -1.39. The molecule has 1 N–H and O–H groups in total. The zero-order valence-corrected chi connectivity index (χ0v) is 13.9. The summed E-state index contributed by atoms with van der Waals surface area (Å²) in [5.41, 5.74) is 2.85. The van der Waals surface area contributed by atoms with Gasteiger partial charge in [0.25, 0.3) is 0 Å². The van der Waals surface area contributed by atoms with E-state index in [-0.39, 0.29) is 11.8 Å². The lowest BCUT2D eigenvalue weighted by molar-refractivity contribution is -0.124. The quantitative estimate of drug-likeness (QED) is 0.905. The topological polar surface area (TPSA) is 35.6 Å². The maximum atomic E-state index is 12.0. The van der Waals surface area contributed by atoms with Gasteiger partial charge in [0.05, 0.1) is 0 Å². The van der Waals surface area contributed by atoms with Crippen molar-refractivity contribution in [2.45, 2.75) is 45.4 Å². The first kappa shape index (κ1) is 15.5. The number of likely N-dealkylation sites (N-methyl/N-ethyl adjacent to an activating group) is 1. The highest BCUT2D eigenvalue weighted by molar-refractivity contribution is 5.78. The Bertz CT molecular complexity index is 543. The molecule has 1 aromatic rings. The molecule has 1 amide bonds. The maximum Gasteiger partial charge on any atom is 0.222 e. The molecule has 2 atom stereocenters. The summed E-state index contributed by atoms with van der Waals surface area (Å²) < 4.78 is 0. The van der Waals surface area contributed by atoms with Crippen LogP contribution < -0.4 is 5.32 Å². The van der Waals surface area contributed by atoms with Crippen LogP contribution in [0.15, 0.2) is 24.3 Å². The Labute approximate surface area is 133 Å². The SMILES string of the molecule is CC(C)C(=O)N[C@H]1C[C@H]2CN(C)Cc3ccccc3CN2C1. The van der Waals surface area contributed by atoms with Gasteiger partial charge in [0, 0.05) is 44.2 Å². The number of hydrogen-bond acceptors (Lipinski definition) is 3. The van der Waals surface area contributed by atoms with Crippen molar-refractivity contribution in [1.82, 2.24) is 15.1 Å². The van der Waals surface area contributed by atoms with Crippen LogP contribution in [0.1, 0.15) is 31.4 Å². The first-order valence-corrected chi connectivity index (χ1v) is 8.32. The monoisotopic (exact) mass is 301 g/mol. The average molecular weight is 301 g/mol. The minimum absolute atomic E-state index is 0.0617. The van der Waals surface area contributed by atoms with E-state index in [9.17, 15) is 4.79 Å². The number of hydrogen-bond donors (Lipinski definition) is 1. The summed E-state index contributed by atoms with van der Waals surface area (Å²) in [6.07, 6.45) is 1.06. The Morgan fingerprint density at radius 1 is 1.18 bits per heavy atom. The molecule has 0 radical (unpaired) electrons. The number of carbonyl (C=O) groups excluding carboxylic acids is 1. The van der Waals surface area contributed by atoms with Gasteiger partial charge in [-0.3, -0.25) is 9.69 Å². The van der Waals surface area contributed by atoms with Gasteiger partial charge in [-0.15, -0.1) is 0 Å². The lowest BCUT2D eigenvalue weighted by Crippen LogP contribution is -2.41. The highest BCUT2D eigenvalue weighted by Gasteiger charge is 2.35. The van der Waals surface area contributed by atoms with Gasteiger partial charge in [0.15, 0.2) is 0 Å². The zero-order chi connectivity index (χ0) is 15.7. The highest BCUT2D eigenvalue weighted by atomic mass is 16.1. The van der Waals surface area contributed by atoms with Crippen molar-refractivity contribution in [3.05, 3.63) is 35.4 Å². The number of nitrogens with zero attached hydrogens (tertiary/aromatic N) is 2. The molecule has 22 heavy (non-hydrogen) atoms. The fourth-order valence-corrected chi connectivity index (χ4v) is 3.64. The molecule has 0 aliphatic carbocycles. The van der Waals surface area contributed by atoms with Crippen molar-refractivity contribution in [2.75, 3.05) is 20.1 Å². The average Bonchev–Trinajstić information content (AvgIpc) is 2.80. The first-order chi connectivity index (χ1) is 10.5.